The topological polar surface area (TPSA) is 43.9 Å². The van der Waals surface area contributed by atoms with E-state index in [4.69, 9.17) is 12.2 Å². The van der Waals surface area contributed by atoms with E-state index in [9.17, 15) is 9.59 Å². The Labute approximate surface area is 215 Å². The summed E-state index contributed by atoms with van der Waals surface area (Å²) in [7, 11) is 1.99. The number of hydrogen-bond acceptors (Lipinski definition) is 4. The molecule has 0 spiro atoms. The lowest BCUT2D eigenvalue weighted by Gasteiger charge is -2.36. The van der Waals surface area contributed by atoms with Crippen LogP contribution in [0.3, 0.4) is 0 Å². The van der Waals surface area contributed by atoms with Gasteiger partial charge in [0.2, 0.25) is 0 Å². The minimum atomic E-state index is -0.450. The summed E-state index contributed by atoms with van der Waals surface area (Å²) in [4.78, 5) is 32.1. The molecule has 1 aliphatic heterocycles. The fourth-order valence-electron chi connectivity index (χ4n) is 4.10. The number of rotatable bonds is 5. The number of hydrogen-bond donors (Lipinski definition) is 0. The minimum absolute atomic E-state index is 0.0421. The number of thiocarbonyl (C=S) groups is 1. The first-order chi connectivity index (χ1) is 17.5. The van der Waals surface area contributed by atoms with Gasteiger partial charge in [0.15, 0.2) is 5.11 Å². The number of nitrogens with zero attached hydrogens (tertiary/aromatic N) is 3. The van der Waals surface area contributed by atoms with Crippen molar-refractivity contribution < 1.29 is 9.59 Å². The molecule has 4 aromatic rings. The van der Waals surface area contributed by atoms with Crippen LogP contribution in [0.15, 0.2) is 121 Å². The average Bonchev–Trinajstić information content (AvgIpc) is 2.93. The smallest absolute Gasteiger partial charge is 0.270 e. The Morgan fingerprint density at radius 2 is 1.03 bits per heavy atom. The van der Waals surface area contributed by atoms with Gasteiger partial charge < -0.3 is 4.90 Å². The van der Waals surface area contributed by atoms with Gasteiger partial charge in [-0.2, -0.15) is 0 Å². The summed E-state index contributed by atoms with van der Waals surface area (Å²) in [5, 5.41) is 0.124. The Morgan fingerprint density at radius 1 is 0.611 bits per heavy atom. The van der Waals surface area contributed by atoms with E-state index in [1.165, 1.54) is 9.80 Å². The molecule has 0 aliphatic carbocycles. The number of benzene rings is 4. The van der Waals surface area contributed by atoms with Crippen molar-refractivity contribution in [3.8, 4) is 0 Å². The summed E-state index contributed by atoms with van der Waals surface area (Å²) in [6.45, 7) is 0. The van der Waals surface area contributed by atoms with E-state index in [-0.39, 0.29) is 10.7 Å². The molecule has 1 saturated heterocycles. The molecule has 36 heavy (non-hydrogen) atoms. The molecule has 0 saturated carbocycles. The monoisotopic (exact) mass is 489 g/mol. The maximum atomic E-state index is 13.6. The second-order valence-corrected chi connectivity index (χ2v) is 8.64. The second kappa shape index (κ2) is 9.98. The first-order valence-electron chi connectivity index (χ1n) is 11.5. The van der Waals surface area contributed by atoms with E-state index in [1.807, 2.05) is 98.0 Å². The van der Waals surface area contributed by atoms with Crippen LogP contribution in [0.2, 0.25) is 0 Å². The summed E-state index contributed by atoms with van der Waals surface area (Å²) in [6.07, 6.45) is 1.63. The van der Waals surface area contributed by atoms with Crippen LogP contribution >= 0.6 is 12.2 Å². The van der Waals surface area contributed by atoms with E-state index >= 15 is 0 Å². The highest BCUT2D eigenvalue weighted by Gasteiger charge is 2.41. The number of para-hydroxylation sites is 3. The van der Waals surface area contributed by atoms with Gasteiger partial charge in [0.1, 0.15) is 5.57 Å². The van der Waals surface area contributed by atoms with Crippen molar-refractivity contribution >= 4 is 58.0 Å². The van der Waals surface area contributed by atoms with Gasteiger partial charge >= 0.3 is 0 Å². The normalized spacial score (nSPS) is 13.7. The molecule has 0 aromatic heterocycles. The zero-order valence-electron chi connectivity index (χ0n) is 19.6. The molecule has 1 heterocycles. The number of carbonyl (C=O) groups excluding carboxylic acids is 2. The van der Waals surface area contributed by atoms with Crippen LogP contribution in [0.25, 0.3) is 6.08 Å². The summed E-state index contributed by atoms with van der Waals surface area (Å²) < 4.78 is 0. The third kappa shape index (κ3) is 4.42. The maximum absolute atomic E-state index is 13.6. The third-order valence-corrected chi connectivity index (χ3v) is 6.38. The van der Waals surface area contributed by atoms with Crippen molar-refractivity contribution in [1.29, 1.82) is 0 Å². The van der Waals surface area contributed by atoms with Gasteiger partial charge in [-0.1, -0.05) is 66.7 Å². The zero-order chi connectivity index (χ0) is 25.1. The van der Waals surface area contributed by atoms with Crippen LogP contribution in [0.1, 0.15) is 5.56 Å². The molecule has 1 fully saturated rings. The SMILES string of the molecule is CN(c1ccccc1)c1ccc(C=C2C(=O)N(c3ccccc3)C(=S)N(c3ccccc3)C2=O)cc1. The lowest BCUT2D eigenvalue weighted by molar-refractivity contribution is -0.120. The van der Waals surface area contributed by atoms with Gasteiger partial charge in [0.05, 0.1) is 11.4 Å². The van der Waals surface area contributed by atoms with Crippen LogP contribution in [0, 0.1) is 0 Å². The Balaban J connectivity index is 1.53. The molecular formula is C30H23N3O2S. The predicted octanol–water partition coefficient (Wildman–Crippen LogP) is 6.20. The Hall–Kier alpha value is -4.55. The molecule has 2 amide bonds. The average molecular weight is 490 g/mol. The van der Waals surface area contributed by atoms with Crippen LogP contribution in [-0.2, 0) is 9.59 Å². The Bertz CT molecular complexity index is 1370. The lowest BCUT2D eigenvalue weighted by atomic mass is 10.0. The third-order valence-electron chi connectivity index (χ3n) is 6.01. The predicted molar refractivity (Wildman–Crippen MR) is 149 cm³/mol. The largest absolute Gasteiger partial charge is 0.345 e. The van der Waals surface area contributed by atoms with Gasteiger partial charge in [-0.05, 0) is 72.4 Å². The van der Waals surface area contributed by atoms with E-state index in [1.54, 1.807) is 30.3 Å². The second-order valence-electron chi connectivity index (χ2n) is 8.28. The van der Waals surface area contributed by atoms with Crippen molar-refractivity contribution in [3.63, 3.8) is 0 Å². The van der Waals surface area contributed by atoms with Gasteiger partial charge in [-0.15, -0.1) is 0 Å². The minimum Gasteiger partial charge on any atom is -0.345 e. The van der Waals surface area contributed by atoms with Gasteiger partial charge in [-0.3, -0.25) is 19.4 Å². The first-order valence-corrected chi connectivity index (χ1v) is 11.9. The molecule has 6 heteroatoms. The van der Waals surface area contributed by atoms with Gasteiger partial charge in [0, 0.05) is 18.4 Å². The fraction of sp³-hybridized carbons (Fsp3) is 0.0333. The summed E-state index contributed by atoms with van der Waals surface area (Å²) >= 11 is 5.65. The van der Waals surface area contributed by atoms with Gasteiger partial charge in [-0.25, -0.2) is 0 Å². The molecule has 1 aliphatic rings. The zero-order valence-corrected chi connectivity index (χ0v) is 20.4. The quantitative estimate of drug-likeness (QED) is 0.190. The highest BCUT2D eigenvalue weighted by molar-refractivity contribution is 7.81. The number of carbonyl (C=O) groups is 2. The van der Waals surface area contributed by atoms with Crippen molar-refractivity contribution in [3.05, 3.63) is 126 Å². The molecular weight excluding hydrogens is 466 g/mol. The summed E-state index contributed by atoms with van der Waals surface area (Å²) in [5.41, 5.74) is 4.04. The molecule has 176 valence electrons. The van der Waals surface area contributed by atoms with Crippen LogP contribution in [0.5, 0.6) is 0 Å². The van der Waals surface area contributed by atoms with Crippen LogP contribution in [-0.4, -0.2) is 24.0 Å². The molecule has 5 nitrogen and oxygen atoms in total. The Kier molecular flexibility index (Phi) is 6.43. The Morgan fingerprint density at radius 3 is 1.50 bits per heavy atom. The van der Waals surface area contributed by atoms with Gasteiger partial charge in [0.25, 0.3) is 11.8 Å². The van der Waals surface area contributed by atoms with E-state index in [0.29, 0.717) is 11.4 Å². The van der Waals surface area contributed by atoms with E-state index in [0.717, 1.165) is 16.9 Å². The molecule has 0 unspecified atom stereocenters. The number of anilines is 4. The highest BCUT2D eigenvalue weighted by atomic mass is 32.1. The van der Waals surface area contributed by atoms with E-state index in [2.05, 4.69) is 4.90 Å². The highest BCUT2D eigenvalue weighted by Crippen LogP contribution is 2.30. The van der Waals surface area contributed by atoms with Crippen LogP contribution < -0.4 is 14.7 Å². The lowest BCUT2D eigenvalue weighted by Crippen LogP contribution is -2.56. The standard InChI is InChI=1S/C30H23N3O2S/c1-31(23-11-5-2-6-12-23)24-19-17-22(18-20-24)21-27-28(34)32(25-13-7-3-8-14-25)30(36)33(29(27)35)26-15-9-4-10-16-26/h2-21H,1H3. The molecule has 5 rings (SSSR count). The molecule has 0 radical (unpaired) electrons. The molecule has 0 N–H and O–H groups in total. The summed E-state index contributed by atoms with van der Waals surface area (Å²) in [6, 6.07) is 36.0. The molecule has 0 bridgehead atoms. The van der Waals surface area contributed by atoms with Crippen LogP contribution in [0.4, 0.5) is 22.7 Å². The van der Waals surface area contributed by atoms with Crippen molar-refractivity contribution in [2.24, 2.45) is 0 Å². The van der Waals surface area contributed by atoms with Crippen molar-refractivity contribution in [1.82, 2.24) is 0 Å². The summed E-state index contributed by atoms with van der Waals surface area (Å²) in [5.74, 6) is -0.900. The molecule has 4 aromatic carbocycles. The first kappa shape index (κ1) is 23.2. The number of amides is 2. The molecule has 0 atom stereocenters. The maximum Gasteiger partial charge on any atom is 0.270 e. The van der Waals surface area contributed by atoms with Crippen molar-refractivity contribution in [2.45, 2.75) is 0 Å². The van der Waals surface area contributed by atoms with Crippen molar-refractivity contribution in [2.75, 3.05) is 21.7 Å². The van der Waals surface area contributed by atoms with E-state index < -0.39 is 11.8 Å². The fourth-order valence-corrected chi connectivity index (χ4v) is 4.48.